The van der Waals surface area contributed by atoms with Crippen LogP contribution in [0.25, 0.3) is 0 Å². The Hall–Kier alpha value is -1.14. The molecule has 5 heterocycles. The maximum absolute atomic E-state index is 6.20. The Bertz CT molecular complexity index is 539. The highest BCUT2D eigenvalue weighted by Crippen LogP contribution is 2.40. The number of fused-ring (bicyclic) bond motifs is 2. The van der Waals surface area contributed by atoms with Gasteiger partial charge in [-0.25, -0.2) is 9.98 Å². The summed E-state index contributed by atoms with van der Waals surface area (Å²) in [5, 5.41) is 3.18. The van der Waals surface area contributed by atoms with E-state index in [1.807, 2.05) is 12.1 Å². The van der Waals surface area contributed by atoms with Crippen molar-refractivity contribution in [2.45, 2.75) is 18.4 Å². The summed E-state index contributed by atoms with van der Waals surface area (Å²) in [6, 6.07) is 4.49. The monoisotopic (exact) mass is 336 g/mol. The minimum Gasteiger partial charge on any atom is -0.455 e. The number of amidine groups is 1. The van der Waals surface area contributed by atoms with Gasteiger partial charge in [0, 0.05) is 23.1 Å². The number of ether oxygens (including phenoxy) is 1. The summed E-state index contributed by atoms with van der Waals surface area (Å²) in [7, 11) is 0. The molecule has 0 amide bonds. The molecule has 106 valence electrons. The summed E-state index contributed by atoms with van der Waals surface area (Å²) in [6.45, 7) is 4.22. The van der Waals surface area contributed by atoms with Crippen LogP contribution in [-0.2, 0) is 4.74 Å². The maximum atomic E-state index is 6.20. The molecule has 2 bridgehead atoms. The summed E-state index contributed by atoms with van der Waals surface area (Å²) < 4.78 is 7.17. The van der Waals surface area contributed by atoms with Gasteiger partial charge in [-0.3, -0.25) is 10.2 Å². The van der Waals surface area contributed by atoms with Gasteiger partial charge < -0.3 is 4.74 Å². The third-order valence-corrected chi connectivity index (χ3v) is 5.04. The van der Waals surface area contributed by atoms with Gasteiger partial charge in [-0.2, -0.15) is 0 Å². The van der Waals surface area contributed by atoms with E-state index in [0.717, 1.165) is 23.4 Å². The average Bonchev–Trinajstić information content (AvgIpc) is 2.85. The number of aliphatic imine (C=N–C) groups is 1. The summed E-state index contributed by atoms with van der Waals surface area (Å²) in [6.07, 6.45) is 4.24. The van der Waals surface area contributed by atoms with Crippen molar-refractivity contribution in [3.05, 3.63) is 22.8 Å². The van der Waals surface area contributed by atoms with Crippen molar-refractivity contribution in [2.75, 3.05) is 31.5 Å². The molecule has 1 spiro atoms. The fraction of sp³-hybridized carbons (Fsp3) is 0.571. The smallest absolute Gasteiger partial charge is 0.291 e. The lowest BCUT2D eigenvalue weighted by Crippen LogP contribution is -2.61. The van der Waals surface area contributed by atoms with E-state index in [0.29, 0.717) is 11.9 Å². The van der Waals surface area contributed by atoms with Gasteiger partial charge in [0.25, 0.3) is 6.02 Å². The molecule has 0 aliphatic carbocycles. The van der Waals surface area contributed by atoms with Gasteiger partial charge in [0.05, 0.1) is 6.54 Å². The van der Waals surface area contributed by atoms with Gasteiger partial charge in [-0.15, -0.1) is 0 Å². The number of aromatic nitrogens is 1. The number of halogens is 1. The van der Waals surface area contributed by atoms with Crippen LogP contribution >= 0.6 is 15.9 Å². The average molecular weight is 337 g/mol. The van der Waals surface area contributed by atoms with Crippen molar-refractivity contribution in [1.82, 2.24) is 9.88 Å². The fourth-order valence-corrected chi connectivity index (χ4v) is 3.74. The molecule has 0 saturated carbocycles. The minimum atomic E-state index is -0.0891. The van der Waals surface area contributed by atoms with Crippen molar-refractivity contribution in [3.63, 3.8) is 0 Å². The molecule has 5 rings (SSSR count). The highest BCUT2D eigenvalue weighted by Gasteiger charge is 2.51. The van der Waals surface area contributed by atoms with Crippen molar-refractivity contribution in [3.8, 4) is 0 Å². The topological polar surface area (TPSA) is 49.8 Å². The Kier molecular flexibility index (Phi) is 2.96. The number of hydrogen-bond acceptors (Lipinski definition) is 5. The van der Waals surface area contributed by atoms with Gasteiger partial charge in [0.2, 0.25) is 0 Å². The van der Waals surface area contributed by atoms with Gasteiger partial charge in [-0.1, -0.05) is 0 Å². The zero-order chi connectivity index (χ0) is 13.6. The van der Waals surface area contributed by atoms with Crippen LogP contribution in [-0.4, -0.2) is 47.7 Å². The SMILES string of the molecule is Brc1ccc(NC2=NC[C@@]3(CN4CCC3CC4)O2)nc1. The molecule has 1 aromatic heterocycles. The van der Waals surface area contributed by atoms with E-state index in [2.05, 4.69) is 36.1 Å². The fourth-order valence-electron chi connectivity index (χ4n) is 3.51. The Morgan fingerprint density at radius 1 is 1.35 bits per heavy atom. The second kappa shape index (κ2) is 4.70. The molecule has 1 aromatic rings. The first kappa shape index (κ1) is 12.6. The van der Waals surface area contributed by atoms with Crippen LogP contribution in [0.2, 0.25) is 0 Å². The van der Waals surface area contributed by atoms with E-state index in [1.165, 1.54) is 25.9 Å². The molecule has 3 saturated heterocycles. The molecule has 1 atom stereocenters. The van der Waals surface area contributed by atoms with E-state index >= 15 is 0 Å². The molecule has 4 aliphatic heterocycles. The number of rotatable bonds is 1. The van der Waals surface area contributed by atoms with Crippen molar-refractivity contribution in [2.24, 2.45) is 10.9 Å². The minimum absolute atomic E-state index is 0.0891. The largest absolute Gasteiger partial charge is 0.455 e. The number of pyridine rings is 1. The van der Waals surface area contributed by atoms with Gasteiger partial charge in [0.15, 0.2) is 0 Å². The molecule has 3 fully saturated rings. The summed E-state index contributed by atoms with van der Waals surface area (Å²) in [4.78, 5) is 11.3. The quantitative estimate of drug-likeness (QED) is 0.853. The van der Waals surface area contributed by atoms with Crippen LogP contribution in [0.15, 0.2) is 27.8 Å². The third kappa shape index (κ3) is 2.11. The molecule has 0 unspecified atom stereocenters. The number of hydrogen-bond donors (Lipinski definition) is 1. The van der Waals surface area contributed by atoms with E-state index in [9.17, 15) is 0 Å². The Morgan fingerprint density at radius 2 is 2.20 bits per heavy atom. The molecule has 0 radical (unpaired) electrons. The van der Waals surface area contributed by atoms with Crippen LogP contribution in [0.3, 0.4) is 0 Å². The van der Waals surface area contributed by atoms with Crippen LogP contribution in [0.1, 0.15) is 12.8 Å². The van der Waals surface area contributed by atoms with Crippen LogP contribution in [0.5, 0.6) is 0 Å². The standard InChI is InChI=1S/C14H17BrN4O/c15-11-1-2-12(16-7-11)18-13-17-8-14(20-13)9-19-5-3-10(14)4-6-19/h1-2,7,10H,3-6,8-9H2,(H,16,17,18)/t14-/m0/s1. The number of piperidine rings is 3. The van der Waals surface area contributed by atoms with E-state index in [-0.39, 0.29) is 5.60 Å². The summed E-state index contributed by atoms with van der Waals surface area (Å²) in [5.41, 5.74) is -0.0891. The second-order valence-electron chi connectivity index (χ2n) is 5.83. The van der Waals surface area contributed by atoms with Crippen LogP contribution in [0, 0.1) is 5.92 Å². The number of anilines is 1. The summed E-state index contributed by atoms with van der Waals surface area (Å²) >= 11 is 3.38. The zero-order valence-electron chi connectivity index (χ0n) is 11.2. The van der Waals surface area contributed by atoms with Crippen molar-refractivity contribution in [1.29, 1.82) is 0 Å². The van der Waals surface area contributed by atoms with E-state index in [4.69, 9.17) is 4.74 Å². The Balaban J connectivity index is 1.46. The summed E-state index contributed by atoms with van der Waals surface area (Å²) in [5.74, 6) is 1.42. The highest BCUT2D eigenvalue weighted by molar-refractivity contribution is 9.10. The third-order valence-electron chi connectivity index (χ3n) is 4.58. The first-order valence-electron chi connectivity index (χ1n) is 7.08. The van der Waals surface area contributed by atoms with Crippen LogP contribution in [0.4, 0.5) is 5.82 Å². The maximum Gasteiger partial charge on any atom is 0.291 e. The molecule has 6 heteroatoms. The van der Waals surface area contributed by atoms with Gasteiger partial charge in [-0.05, 0) is 54.0 Å². The van der Waals surface area contributed by atoms with Crippen molar-refractivity contribution >= 4 is 27.8 Å². The highest BCUT2D eigenvalue weighted by atomic mass is 79.9. The van der Waals surface area contributed by atoms with Crippen molar-refractivity contribution < 1.29 is 4.74 Å². The predicted octanol–water partition coefficient (Wildman–Crippen LogP) is 2.11. The molecule has 4 aliphatic rings. The lowest BCUT2D eigenvalue weighted by Gasteiger charge is -2.50. The van der Waals surface area contributed by atoms with E-state index in [1.54, 1.807) is 6.20 Å². The van der Waals surface area contributed by atoms with Gasteiger partial charge in [0.1, 0.15) is 11.4 Å². The molecular weight excluding hydrogens is 320 g/mol. The molecule has 0 aromatic carbocycles. The van der Waals surface area contributed by atoms with E-state index < -0.39 is 0 Å². The lowest BCUT2D eigenvalue weighted by atomic mass is 9.75. The second-order valence-corrected chi connectivity index (χ2v) is 6.74. The Morgan fingerprint density at radius 3 is 2.85 bits per heavy atom. The van der Waals surface area contributed by atoms with Gasteiger partial charge >= 0.3 is 0 Å². The Labute approximate surface area is 126 Å². The normalized spacial score (nSPS) is 35.0. The predicted molar refractivity (Wildman–Crippen MR) is 80.8 cm³/mol. The first-order chi connectivity index (χ1) is 9.73. The first-order valence-corrected chi connectivity index (χ1v) is 7.87. The molecule has 20 heavy (non-hydrogen) atoms. The number of nitrogens with zero attached hydrogens (tertiary/aromatic N) is 3. The molecular formula is C14H17BrN4O. The zero-order valence-corrected chi connectivity index (χ0v) is 12.8. The molecule has 1 N–H and O–H groups in total. The molecule has 5 nitrogen and oxygen atoms in total. The number of nitrogens with one attached hydrogen (secondary N) is 1. The van der Waals surface area contributed by atoms with Crippen LogP contribution < -0.4 is 5.32 Å². The lowest BCUT2D eigenvalue weighted by molar-refractivity contribution is -0.0829.